The van der Waals surface area contributed by atoms with Crippen molar-refractivity contribution in [2.75, 3.05) is 13.6 Å². The average Bonchev–Trinajstić information content (AvgIpc) is 2.99. The van der Waals surface area contributed by atoms with E-state index in [4.69, 9.17) is 0 Å². The third kappa shape index (κ3) is 6.21. The zero-order valence-electron chi connectivity index (χ0n) is 12.1. The van der Waals surface area contributed by atoms with E-state index >= 15 is 0 Å². The van der Waals surface area contributed by atoms with Crippen molar-refractivity contribution in [1.82, 2.24) is 10.6 Å². The standard InChI is InChI=1S/C15H17BrFN3S.HI/c1-18-15(19-7-6-12-3-2-8-21-12)20-10-11-4-5-13(16)14(17)9-11;/h2-5,8-9H,6-7,10H2,1H3,(H2,18,19,20);1H. The molecule has 0 aliphatic rings. The molecule has 120 valence electrons. The van der Waals surface area contributed by atoms with Crippen molar-refractivity contribution in [2.24, 2.45) is 4.99 Å². The molecule has 7 heteroatoms. The summed E-state index contributed by atoms with van der Waals surface area (Å²) >= 11 is 4.89. The van der Waals surface area contributed by atoms with Crippen molar-refractivity contribution in [3.05, 3.63) is 56.4 Å². The van der Waals surface area contributed by atoms with Crippen molar-refractivity contribution in [3.63, 3.8) is 0 Å². The highest BCUT2D eigenvalue weighted by Gasteiger charge is 2.02. The van der Waals surface area contributed by atoms with Gasteiger partial charge in [0.2, 0.25) is 0 Å². The smallest absolute Gasteiger partial charge is 0.191 e. The monoisotopic (exact) mass is 497 g/mol. The first kappa shape index (κ1) is 19.4. The molecule has 0 radical (unpaired) electrons. The number of rotatable bonds is 5. The molecule has 0 amide bonds. The second-order valence-corrected chi connectivity index (χ2v) is 6.32. The molecule has 1 aromatic heterocycles. The Bertz CT molecular complexity index is 605. The van der Waals surface area contributed by atoms with Crippen LogP contribution >= 0.6 is 51.2 Å². The van der Waals surface area contributed by atoms with Gasteiger partial charge in [-0.1, -0.05) is 12.1 Å². The first-order valence-electron chi connectivity index (χ1n) is 6.60. The van der Waals surface area contributed by atoms with Crippen LogP contribution in [0.25, 0.3) is 0 Å². The highest BCUT2D eigenvalue weighted by atomic mass is 127. The summed E-state index contributed by atoms with van der Waals surface area (Å²) in [6.45, 7) is 1.35. The average molecular weight is 498 g/mol. The van der Waals surface area contributed by atoms with E-state index in [1.165, 1.54) is 10.9 Å². The molecule has 0 aliphatic carbocycles. The van der Waals surface area contributed by atoms with Gasteiger partial charge in [-0.2, -0.15) is 0 Å². The number of hydrogen-bond donors (Lipinski definition) is 2. The van der Waals surface area contributed by atoms with Gasteiger partial charge >= 0.3 is 0 Å². The van der Waals surface area contributed by atoms with Gasteiger partial charge in [0.25, 0.3) is 0 Å². The highest BCUT2D eigenvalue weighted by Crippen LogP contribution is 2.16. The predicted molar refractivity (Wildman–Crippen MR) is 106 cm³/mol. The molecule has 0 atom stereocenters. The summed E-state index contributed by atoms with van der Waals surface area (Å²) in [5.41, 5.74) is 0.872. The van der Waals surface area contributed by atoms with Crippen molar-refractivity contribution in [3.8, 4) is 0 Å². The fraction of sp³-hybridized carbons (Fsp3) is 0.267. The summed E-state index contributed by atoms with van der Waals surface area (Å²) < 4.78 is 13.9. The van der Waals surface area contributed by atoms with Gasteiger partial charge in [-0.05, 0) is 51.5 Å². The Morgan fingerprint density at radius 2 is 2.14 bits per heavy atom. The molecule has 0 saturated heterocycles. The second kappa shape index (κ2) is 10.2. The largest absolute Gasteiger partial charge is 0.356 e. The molecule has 1 heterocycles. The maximum atomic E-state index is 13.4. The summed E-state index contributed by atoms with van der Waals surface area (Å²) in [4.78, 5) is 5.50. The lowest BCUT2D eigenvalue weighted by Crippen LogP contribution is -2.37. The van der Waals surface area contributed by atoms with Crippen LogP contribution in [0.3, 0.4) is 0 Å². The number of nitrogens with one attached hydrogen (secondary N) is 2. The lowest BCUT2D eigenvalue weighted by molar-refractivity contribution is 0.617. The summed E-state index contributed by atoms with van der Waals surface area (Å²) in [5, 5.41) is 8.49. The van der Waals surface area contributed by atoms with E-state index in [1.807, 2.05) is 6.07 Å². The Morgan fingerprint density at radius 3 is 2.77 bits per heavy atom. The molecule has 0 aliphatic heterocycles. The minimum Gasteiger partial charge on any atom is -0.356 e. The number of hydrogen-bond acceptors (Lipinski definition) is 2. The third-order valence-electron chi connectivity index (χ3n) is 2.91. The molecule has 22 heavy (non-hydrogen) atoms. The molecule has 0 fully saturated rings. The molecule has 2 N–H and O–H groups in total. The van der Waals surface area contributed by atoms with Crippen LogP contribution in [0.5, 0.6) is 0 Å². The summed E-state index contributed by atoms with van der Waals surface area (Å²) in [6, 6.07) is 9.26. The first-order chi connectivity index (χ1) is 10.2. The number of thiophene rings is 1. The molecule has 1 aromatic carbocycles. The Labute approximate surface area is 159 Å². The molecule has 0 saturated carbocycles. The van der Waals surface area contributed by atoms with Gasteiger partial charge in [0.15, 0.2) is 5.96 Å². The van der Waals surface area contributed by atoms with Crippen LogP contribution in [0.1, 0.15) is 10.4 Å². The molecule has 0 unspecified atom stereocenters. The fourth-order valence-corrected chi connectivity index (χ4v) is 2.77. The van der Waals surface area contributed by atoms with Gasteiger partial charge in [0, 0.05) is 25.0 Å². The molecule has 0 spiro atoms. The van der Waals surface area contributed by atoms with Gasteiger partial charge in [-0.3, -0.25) is 4.99 Å². The molecule has 2 rings (SSSR count). The van der Waals surface area contributed by atoms with E-state index in [0.717, 1.165) is 24.5 Å². The van der Waals surface area contributed by atoms with Crippen LogP contribution in [0.15, 0.2) is 45.2 Å². The summed E-state index contributed by atoms with van der Waals surface area (Å²) in [6.07, 6.45) is 0.964. The van der Waals surface area contributed by atoms with Crippen molar-refractivity contribution in [1.29, 1.82) is 0 Å². The molecular formula is C15H18BrFIN3S. The maximum absolute atomic E-state index is 13.4. The molecular weight excluding hydrogens is 480 g/mol. The van der Waals surface area contributed by atoms with Crippen LogP contribution in [0, 0.1) is 5.82 Å². The minimum absolute atomic E-state index is 0. The van der Waals surface area contributed by atoms with Gasteiger partial charge in [0.05, 0.1) is 4.47 Å². The van der Waals surface area contributed by atoms with E-state index in [2.05, 4.69) is 49.1 Å². The quantitative estimate of drug-likeness (QED) is 0.369. The van der Waals surface area contributed by atoms with Crippen molar-refractivity contribution < 1.29 is 4.39 Å². The van der Waals surface area contributed by atoms with Crippen LogP contribution < -0.4 is 10.6 Å². The number of halogens is 3. The molecule has 2 aromatic rings. The van der Waals surface area contributed by atoms with E-state index in [-0.39, 0.29) is 29.8 Å². The Hall–Kier alpha value is -0.670. The maximum Gasteiger partial charge on any atom is 0.191 e. The number of aliphatic imine (C=N–C) groups is 1. The van der Waals surface area contributed by atoms with Crippen molar-refractivity contribution in [2.45, 2.75) is 13.0 Å². The summed E-state index contributed by atoms with van der Waals surface area (Å²) in [5.74, 6) is 0.463. The van der Waals surface area contributed by atoms with E-state index in [9.17, 15) is 4.39 Å². The second-order valence-electron chi connectivity index (χ2n) is 4.43. The zero-order valence-corrected chi connectivity index (χ0v) is 16.8. The van der Waals surface area contributed by atoms with Crippen LogP contribution in [0.4, 0.5) is 4.39 Å². The van der Waals surface area contributed by atoms with Crippen LogP contribution in [0.2, 0.25) is 0 Å². The van der Waals surface area contributed by atoms with E-state index in [0.29, 0.717) is 11.0 Å². The van der Waals surface area contributed by atoms with Gasteiger partial charge in [0.1, 0.15) is 5.82 Å². The Morgan fingerprint density at radius 1 is 1.32 bits per heavy atom. The van der Waals surface area contributed by atoms with Crippen LogP contribution in [-0.2, 0) is 13.0 Å². The van der Waals surface area contributed by atoms with Gasteiger partial charge < -0.3 is 10.6 Å². The minimum atomic E-state index is -0.255. The highest BCUT2D eigenvalue weighted by molar-refractivity contribution is 14.0. The Kier molecular flexibility index (Phi) is 8.96. The summed E-state index contributed by atoms with van der Waals surface area (Å²) in [7, 11) is 1.72. The zero-order chi connectivity index (χ0) is 15.1. The van der Waals surface area contributed by atoms with Crippen LogP contribution in [-0.4, -0.2) is 19.6 Å². The Balaban J connectivity index is 0.00000242. The third-order valence-corrected chi connectivity index (χ3v) is 4.49. The topological polar surface area (TPSA) is 36.4 Å². The molecule has 3 nitrogen and oxygen atoms in total. The predicted octanol–water partition coefficient (Wildman–Crippen LogP) is 4.18. The lowest BCUT2D eigenvalue weighted by Gasteiger charge is -2.11. The SMILES string of the molecule is CN=C(NCCc1cccs1)NCc1ccc(Br)c(F)c1.I. The number of benzene rings is 1. The van der Waals surface area contributed by atoms with Gasteiger partial charge in [-0.25, -0.2) is 4.39 Å². The van der Waals surface area contributed by atoms with E-state index < -0.39 is 0 Å². The molecule has 0 bridgehead atoms. The fourth-order valence-electron chi connectivity index (χ4n) is 1.81. The first-order valence-corrected chi connectivity index (χ1v) is 8.27. The number of nitrogens with zero attached hydrogens (tertiary/aromatic N) is 1. The van der Waals surface area contributed by atoms with Gasteiger partial charge in [-0.15, -0.1) is 35.3 Å². The van der Waals surface area contributed by atoms with Crippen molar-refractivity contribution >= 4 is 57.2 Å². The van der Waals surface area contributed by atoms with E-state index in [1.54, 1.807) is 24.5 Å². The number of guanidine groups is 1. The lowest BCUT2D eigenvalue weighted by atomic mass is 10.2. The normalized spacial score (nSPS) is 11.0.